The van der Waals surface area contributed by atoms with Crippen molar-refractivity contribution >= 4 is 29.5 Å². The number of amides is 2. The van der Waals surface area contributed by atoms with Crippen LogP contribution in [0.1, 0.15) is 52.4 Å². The predicted octanol–water partition coefficient (Wildman–Crippen LogP) is 1.64. The number of ether oxygens (including phenoxy) is 1. The number of esters is 1. The summed E-state index contributed by atoms with van der Waals surface area (Å²) in [6.45, 7) is 4.30. The Balaban J connectivity index is 1.65. The lowest BCUT2D eigenvalue weighted by Crippen LogP contribution is -2.53. The first kappa shape index (κ1) is 20.2. The lowest BCUT2D eigenvalue weighted by molar-refractivity contribution is -0.147. The van der Waals surface area contributed by atoms with E-state index in [1.54, 1.807) is 18.7 Å². The summed E-state index contributed by atoms with van der Waals surface area (Å²) >= 11 is 1.62. The highest BCUT2D eigenvalue weighted by atomic mass is 32.2. The minimum absolute atomic E-state index is 0.0431. The highest BCUT2D eigenvalue weighted by molar-refractivity contribution is 8.04. The zero-order valence-electron chi connectivity index (χ0n) is 16.0. The van der Waals surface area contributed by atoms with Gasteiger partial charge in [0.05, 0.1) is 18.1 Å². The van der Waals surface area contributed by atoms with Gasteiger partial charge in [-0.05, 0) is 62.5 Å². The third kappa shape index (κ3) is 4.85. The maximum atomic E-state index is 12.9. The molecule has 3 N–H and O–H groups in total. The van der Waals surface area contributed by atoms with Crippen molar-refractivity contribution in [3.8, 4) is 0 Å². The zero-order chi connectivity index (χ0) is 19.4. The lowest BCUT2D eigenvalue weighted by Gasteiger charge is -2.31. The summed E-state index contributed by atoms with van der Waals surface area (Å²) < 4.78 is 5.30. The Kier molecular flexibility index (Phi) is 6.81. The molecule has 0 spiro atoms. The number of carbonyl (C=O) groups is 3. The van der Waals surface area contributed by atoms with Crippen LogP contribution in [0.4, 0.5) is 0 Å². The van der Waals surface area contributed by atoms with Crippen LogP contribution < -0.4 is 16.0 Å². The van der Waals surface area contributed by atoms with E-state index >= 15 is 0 Å². The third-order valence-electron chi connectivity index (χ3n) is 5.38. The van der Waals surface area contributed by atoms with Crippen molar-refractivity contribution in [2.75, 3.05) is 13.2 Å². The van der Waals surface area contributed by atoms with Crippen molar-refractivity contribution in [1.82, 2.24) is 16.0 Å². The molecule has 1 saturated heterocycles. The van der Waals surface area contributed by atoms with Gasteiger partial charge in [0, 0.05) is 12.8 Å². The molecule has 2 aliphatic heterocycles. The molecule has 4 atom stereocenters. The first-order valence-corrected chi connectivity index (χ1v) is 10.7. The second-order valence-corrected chi connectivity index (χ2v) is 8.60. The number of thioether (sulfide) groups is 1. The number of nitrogens with one attached hydrogen (secondary N) is 3. The number of hydrogen-bond acceptors (Lipinski definition) is 6. The van der Waals surface area contributed by atoms with Crippen molar-refractivity contribution in [2.45, 2.75) is 63.9 Å². The van der Waals surface area contributed by atoms with E-state index in [4.69, 9.17) is 4.74 Å². The second-order valence-electron chi connectivity index (χ2n) is 7.36. The van der Waals surface area contributed by atoms with Crippen LogP contribution in [0.3, 0.4) is 0 Å². The molecule has 7 nitrogen and oxygen atoms in total. The number of piperidine rings is 1. The highest BCUT2D eigenvalue weighted by Crippen LogP contribution is 2.48. The monoisotopic (exact) mass is 395 g/mol. The van der Waals surface area contributed by atoms with Gasteiger partial charge >= 0.3 is 5.97 Å². The SMILES string of the molecule is CCOC(=O)C1C2=C(CCCC2)SC1NC(=O)C1CCNC(NC(C)=O)C1. The standard InChI is InChI=1S/C19H29N3O4S/c1-3-26-19(25)16-13-6-4-5-7-14(13)27-18(16)22-17(24)12-8-9-20-15(10-12)21-11(2)23/h12,15-16,18,20H,3-10H2,1-2H3,(H,21,23)(H,22,24). The molecule has 1 aliphatic carbocycles. The van der Waals surface area contributed by atoms with Crippen LogP contribution in [0.5, 0.6) is 0 Å². The Labute approximate surface area is 164 Å². The zero-order valence-corrected chi connectivity index (χ0v) is 16.8. The van der Waals surface area contributed by atoms with Crippen molar-refractivity contribution in [3.63, 3.8) is 0 Å². The maximum Gasteiger partial charge on any atom is 0.316 e. The van der Waals surface area contributed by atoms with Crippen LogP contribution in [0.2, 0.25) is 0 Å². The fraction of sp³-hybridized carbons (Fsp3) is 0.737. The van der Waals surface area contributed by atoms with Gasteiger partial charge in [0.15, 0.2) is 0 Å². The molecule has 0 aromatic carbocycles. The Morgan fingerprint density at radius 2 is 2.00 bits per heavy atom. The molecule has 150 valence electrons. The number of rotatable bonds is 5. The van der Waals surface area contributed by atoms with E-state index in [1.807, 2.05) is 0 Å². The van der Waals surface area contributed by atoms with Crippen molar-refractivity contribution in [2.24, 2.45) is 11.8 Å². The number of carbonyl (C=O) groups excluding carboxylic acids is 3. The van der Waals surface area contributed by atoms with Crippen molar-refractivity contribution < 1.29 is 19.1 Å². The Hall–Kier alpha value is -1.54. The van der Waals surface area contributed by atoms with Gasteiger partial charge in [0.1, 0.15) is 5.92 Å². The fourth-order valence-corrected chi connectivity index (χ4v) is 5.68. The molecule has 3 aliphatic rings. The summed E-state index contributed by atoms with van der Waals surface area (Å²) in [6, 6.07) is 0. The van der Waals surface area contributed by atoms with E-state index in [1.165, 1.54) is 11.8 Å². The summed E-state index contributed by atoms with van der Waals surface area (Å²) in [6.07, 6.45) is 5.21. The van der Waals surface area contributed by atoms with Gasteiger partial charge in [-0.1, -0.05) is 0 Å². The summed E-state index contributed by atoms with van der Waals surface area (Å²) in [4.78, 5) is 38.0. The molecule has 3 rings (SSSR count). The van der Waals surface area contributed by atoms with E-state index < -0.39 is 0 Å². The van der Waals surface area contributed by atoms with Gasteiger partial charge in [-0.3, -0.25) is 19.7 Å². The van der Waals surface area contributed by atoms with Gasteiger partial charge < -0.3 is 15.4 Å². The Bertz CT molecular complexity index is 636. The van der Waals surface area contributed by atoms with Crippen LogP contribution in [-0.4, -0.2) is 42.5 Å². The number of allylic oxidation sites excluding steroid dienone is 1. The molecule has 0 bridgehead atoms. The summed E-state index contributed by atoms with van der Waals surface area (Å²) in [7, 11) is 0. The average molecular weight is 396 g/mol. The molecule has 0 aromatic rings. The molecule has 27 heavy (non-hydrogen) atoms. The first-order valence-electron chi connectivity index (χ1n) is 9.85. The van der Waals surface area contributed by atoms with Crippen LogP contribution >= 0.6 is 11.8 Å². The minimum Gasteiger partial charge on any atom is -0.465 e. The molecular formula is C19H29N3O4S. The van der Waals surface area contributed by atoms with Gasteiger partial charge in [-0.15, -0.1) is 11.8 Å². The molecule has 0 saturated carbocycles. The van der Waals surface area contributed by atoms with E-state index in [-0.39, 0.29) is 41.2 Å². The molecule has 4 unspecified atom stereocenters. The maximum absolute atomic E-state index is 12.9. The predicted molar refractivity (Wildman–Crippen MR) is 103 cm³/mol. The van der Waals surface area contributed by atoms with Gasteiger partial charge in [0.25, 0.3) is 0 Å². The minimum atomic E-state index is -0.373. The van der Waals surface area contributed by atoms with Crippen LogP contribution in [0.15, 0.2) is 10.5 Å². The Morgan fingerprint density at radius 1 is 1.22 bits per heavy atom. The molecule has 0 radical (unpaired) electrons. The third-order valence-corrected chi connectivity index (χ3v) is 6.78. The van der Waals surface area contributed by atoms with E-state index in [2.05, 4.69) is 16.0 Å². The van der Waals surface area contributed by atoms with Crippen LogP contribution in [0.25, 0.3) is 0 Å². The molecule has 1 fully saturated rings. The first-order chi connectivity index (χ1) is 13.0. The second kappa shape index (κ2) is 9.10. The molecule has 2 amide bonds. The fourth-order valence-electron chi connectivity index (χ4n) is 4.15. The van der Waals surface area contributed by atoms with E-state index in [0.717, 1.165) is 37.7 Å². The molecular weight excluding hydrogens is 366 g/mol. The van der Waals surface area contributed by atoms with Crippen molar-refractivity contribution in [1.29, 1.82) is 0 Å². The molecule has 8 heteroatoms. The quantitative estimate of drug-likeness (QED) is 0.613. The summed E-state index contributed by atoms with van der Waals surface area (Å²) in [5.74, 6) is -0.937. The van der Waals surface area contributed by atoms with E-state index in [9.17, 15) is 14.4 Å². The van der Waals surface area contributed by atoms with Crippen molar-refractivity contribution in [3.05, 3.63) is 10.5 Å². The highest BCUT2D eigenvalue weighted by Gasteiger charge is 2.43. The summed E-state index contributed by atoms with van der Waals surface area (Å²) in [5, 5.41) is 8.87. The molecule has 0 aromatic heterocycles. The van der Waals surface area contributed by atoms with E-state index in [0.29, 0.717) is 19.6 Å². The lowest BCUT2D eigenvalue weighted by atomic mass is 9.88. The Morgan fingerprint density at radius 3 is 2.74 bits per heavy atom. The largest absolute Gasteiger partial charge is 0.465 e. The summed E-state index contributed by atoms with van der Waals surface area (Å²) in [5.41, 5.74) is 1.16. The normalized spacial score (nSPS) is 30.4. The number of hydrogen-bond donors (Lipinski definition) is 3. The average Bonchev–Trinajstić information content (AvgIpc) is 2.99. The van der Waals surface area contributed by atoms with Gasteiger partial charge in [0.2, 0.25) is 11.8 Å². The van der Waals surface area contributed by atoms with Crippen LogP contribution in [-0.2, 0) is 19.1 Å². The topological polar surface area (TPSA) is 96.5 Å². The smallest absolute Gasteiger partial charge is 0.316 e. The molecule has 2 heterocycles. The van der Waals surface area contributed by atoms with Crippen LogP contribution in [0, 0.1) is 11.8 Å². The van der Waals surface area contributed by atoms with Gasteiger partial charge in [-0.25, -0.2) is 0 Å². The van der Waals surface area contributed by atoms with Gasteiger partial charge in [-0.2, -0.15) is 0 Å².